The molecule has 1 heterocycles. The average molecular weight is 513 g/mol. The van der Waals surface area contributed by atoms with Crippen LogP contribution in [0.15, 0.2) is 60.7 Å². The first-order valence-corrected chi connectivity index (χ1v) is 12.9. The average Bonchev–Trinajstić information content (AvgIpc) is 3.23. The number of nitrogens with zero attached hydrogens (tertiary/aromatic N) is 2. The van der Waals surface area contributed by atoms with Gasteiger partial charge in [0.15, 0.2) is 0 Å². The van der Waals surface area contributed by atoms with Crippen LogP contribution < -0.4 is 15.2 Å². The fourth-order valence-electron chi connectivity index (χ4n) is 4.89. The quantitative estimate of drug-likeness (QED) is 0.167. The number of nitrogen functional groups attached to an aromatic ring is 1. The molecule has 8 nitrogen and oxygen atoms in total. The summed E-state index contributed by atoms with van der Waals surface area (Å²) in [6.07, 6.45) is 3.56. The van der Waals surface area contributed by atoms with E-state index in [0.717, 1.165) is 46.1 Å². The van der Waals surface area contributed by atoms with Gasteiger partial charge in [0.1, 0.15) is 29.6 Å². The monoisotopic (exact) mass is 512 g/mol. The Bertz CT molecular complexity index is 1490. The van der Waals surface area contributed by atoms with Crippen molar-refractivity contribution in [3.63, 3.8) is 0 Å². The summed E-state index contributed by atoms with van der Waals surface area (Å²) in [6, 6.07) is 19.8. The van der Waals surface area contributed by atoms with Crippen LogP contribution in [0.3, 0.4) is 0 Å². The fraction of sp³-hybridized carbons (Fsp3) is 0.300. The van der Waals surface area contributed by atoms with Crippen molar-refractivity contribution < 1.29 is 19.0 Å². The molecule has 38 heavy (non-hydrogen) atoms. The molecule has 1 saturated carbocycles. The maximum atomic E-state index is 12.1. The van der Waals surface area contributed by atoms with E-state index in [1.54, 1.807) is 20.1 Å². The zero-order valence-corrected chi connectivity index (χ0v) is 21.7. The van der Waals surface area contributed by atoms with Crippen LogP contribution in [0.2, 0.25) is 0 Å². The molecule has 0 unspecified atom stereocenters. The van der Waals surface area contributed by atoms with Crippen molar-refractivity contribution >= 4 is 22.7 Å². The Morgan fingerprint density at radius 1 is 1.13 bits per heavy atom. The van der Waals surface area contributed by atoms with E-state index in [0.29, 0.717) is 29.7 Å². The molecule has 3 N–H and O–H groups in total. The molecule has 0 amide bonds. The summed E-state index contributed by atoms with van der Waals surface area (Å²) in [6.45, 7) is 2.39. The highest BCUT2D eigenvalue weighted by Crippen LogP contribution is 2.38. The minimum atomic E-state index is -0.283. The van der Waals surface area contributed by atoms with Gasteiger partial charge in [-0.2, -0.15) is 5.10 Å². The molecule has 8 heteroatoms. The molecular weight excluding hydrogens is 480 g/mol. The number of carbonyl (C=O) groups excluding carboxylic acids is 1. The van der Waals surface area contributed by atoms with Crippen molar-refractivity contribution in [2.75, 3.05) is 13.7 Å². The summed E-state index contributed by atoms with van der Waals surface area (Å²) in [4.78, 5) is 12.1. The van der Waals surface area contributed by atoms with Gasteiger partial charge in [-0.3, -0.25) is 14.9 Å². The number of aromatic nitrogens is 2. The van der Waals surface area contributed by atoms with Crippen LogP contribution in [0.4, 0.5) is 0 Å². The highest BCUT2D eigenvalue weighted by molar-refractivity contribution is 6.00. The van der Waals surface area contributed by atoms with E-state index >= 15 is 0 Å². The maximum absolute atomic E-state index is 12.1. The molecule has 196 valence electrons. The smallest absolute Gasteiger partial charge is 0.310 e. The minimum absolute atomic E-state index is 0.0434. The number of methoxy groups -OCH3 is 1. The van der Waals surface area contributed by atoms with E-state index < -0.39 is 0 Å². The van der Waals surface area contributed by atoms with Crippen LogP contribution in [-0.4, -0.2) is 35.3 Å². The van der Waals surface area contributed by atoms with Crippen molar-refractivity contribution in [3.05, 3.63) is 77.5 Å². The Hall–Kier alpha value is -4.33. The number of nitrogens with one attached hydrogen (secondary N) is 1. The maximum Gasteiger partial charge on any atom is 0.310 e. The molecule has 0 saturated heterocycles. The third kappa shape index (κ3) is 4.94. The molecule has 0 spiro atoms. The highest BCUT2D eigenvalue weighted by Gasteiger charge is 2.25. The number of fused-ring (bicyclic) bond motifs is 1. The molecule has 0 aliphatic heterocycles. The lowest BCUT2D eigenvalue weighted by Crippen LogP contribution is -2.18. The molecular formula is C30H32N4O4. The summed E-state index contributed by atoms with van der Waals surface area (Å²) in [5.74, 6) is 0.878. The van der Waals surface area contributed by atoms with Crippen LogP contribution in [0.25, 0.3) is 22.0 Å². The van der Waals surface area contributed by atoms with Gasteiger partial charge in [-0.05, 0) is 56.0 Å². The Balaban J connectivity index is 1.52. The fourth-order valence-corrected chi connectivity index (χ4v) is 4.89. The lowest BCUT2D eigenvalue weighted by atomic mass is 9.93. The van der Waals surface area contributed by atoms with Gasteiger partial charge in [-0.15, -0.1) is 0 Å². The third-order valence-corrected chi connectivity index (χ3v) is 7.00. The lowest BCUT2D eigenvalue weighted by molar-refractivity contribution is -0.142. The number of amidine groups is 1. The van der Waals surface area contributed by atoms with Crippen molar-refractivity contribution in [1.29, 1.82) is 5.41 Å². The zero-order chi connectivity index (χ0) is 26.6. The Kier molecular flexibility index (Phi) is 7.31. The zero-order valence-electron chi connectivity index (χ0n) is 21.7. The second-order valence-electron chi connectivity index (χ2n) is 9.39. The summed E-state index contributed by atoms with van der Waals surface area (Å²) in [7, 11) is 1.59. The molecule has 1 aliphatic rings. The second kappa shape index (κ2) is 11.0. The Morgan fingerprint density at radius 3 is 2.66 bits per heavy atom. The second-order valence-corrected chi connectivity index (χ2v) is 9.39. The van der Waals surface area contributed by atoms with Gasteiger partial charge in [0.25, 0.3) is 0 Å². The van der Waals surface area contributed by atoms with E-state index in [1.807, 2.05) is 36.4 Å². The molecule has 0 radical (unpaired) electrons. The van der Waals surface area contributed by atoms with Gasteiger partial charge >= 0.3 is 5.97 Å². The topological polar surface area (TPSA) is 112 Å². The normalized spacial score (nSPS) is 13.2. The van der Waals surface area contributed by atoms with E-state index in [4.69, 9.17) is 30.5 Å². The van der Waals surface area contributed by atoms with E-state index in [-0.39, 0.29) is 24.8 Å². The number of ether oxygens (including phenoxy) is 3. The number of carbonyl (C=O) groups is 1. The van der Waals surface area contributed by atoms with Crippen molar-refractivity contribution in [3.8, 4) is 22.6 Å². The number of hydrogen-bond acceptors (Lipinski definition) is 6. The number of esters is 1. The SMILES string of the molecule is CCOC(=O)Cc1ccccc1OCc1nn(C2CCC2)c2ccc(-c3cccc(C(=N)N)c3OC)cc12. The van der Waals surface area contributed by atoms with Crippen LogP contribution in [-0.2, 0) is 22.6 Å². The summed E-state index contributed by atoms with van der Waals surface area (Å²) in [5, 5.41) is 13.9. The molecule has 1 fully saturated rings. The van der Waals surface area contributed by atoms with Gasteiger partial charge in [-0.25, -0.2) is 0 Å². The van der Waals surface area contributed by atoms with Gasteiger partial charge in [0.2, 0.25) is 0 Å². The highest BCUT2D eigenvalue weighted by atomic mass is 16.5. The van der Waals surface area contributed by atoms with Crippen molar-refractivity contribution in [1.82, 2.24) is 9.78 Å². The number of hydrogen-bond donors (Lipinski definition) is 2. The van der Waals surface area contributed by atoms with Crippen molar-refractivity contribution in [2.24, 2.45) is 5.73 Å². The first-order chi connectivity index (χ1) is 18.5. The molecule has 0 atom stereocenters. The lowest BCUT2D eigenvalue weighted by Gasteiger charge is -2.26. The van der Waals surface area contributed by atoms with E-state index in [1.165, 1.54) is 6.42 Å². The number of nitrogens with two attached hydrogens (primary N) is 1. The molecule has 1 aliphatic carbocycles. The van der Waals surface area contributed by atoms with Crippen LogP contribution in [0.1, 0.15) is 49.0 Å². The number of para-hydroxylation sites is 2. The third-order valence-electron chi connectivity index (χ3n) is 7.00. The number of benzene rings is 3. The first kappa shape index (κ1) is 25.3. The van der Waals surface area contributed by atoms with Gasteiger partial charge in [0, 0.05) is 16.5 Å². The molecule has 3 aromatic carbocycles. The van der Waals surface area contributed by atoms with E-state index in [2.05, 4.69) is 22.9 Å². The largest absolute Gasteiger partial charge is 0.495 e. The predicted molar refractivity (Wildman–Crippen MR) is 147 cm³/mol. The minimum Gasteiger partial charge on any atom is -0.495 e. The molecule has 1 aromatic heterocycles. The predicted octanol–water partition coefficient (Wildman–Crippen LogP) is 5.41. The molecule has 0 bridgehead atoms. The summed E-state index contributed by atoms with van der Waals surface area (Å²) < 4.78 is 19.2. The Morgan fingerprint density at radius 2 is 1.95 bits per heavy atom. The Labute approximate surface area is 221 Å². The molecule has 4 aromatic rings. The number of rotatable bonds is 10. The van der Waals surface area contributed by atoms with Gasteiger partial charge < -0.3 is 19.9 Å². The first-order valence-electron chi connectivity index (χ1n) is 12.9. The van der Waals surface area contributed by atoms with Crippen molar-refractivity contribution in [2.45, 2.75) is 45.3 Å². The van der Waals surface area contributed by atoms with E-state index in [9.17, 15) is 4.79 Å². The van der Waals surface area contributed by atoms with Crippen LogP contribution >= 0.6 is 0 Å². The van der Waals surface area contributed by atoms with Gasteiger partial charge in [0.05, 0.1) is 37.3 Å². The van der Waals surface area contributed by atoms with Crippen LogP contribution in [0, 0.1) is 5.41 Å². The van der Waals surface area contributed by atoms with Gasteiger partial charge in [-0.1, -0.05) is 36.4 Å². The standard InChI is InChI=1S/C30H32N4O4/c1-3-37-28(35)17-20-8-4-5-13-27(20)38-18-25-24-16-19(14-15-26(24)34(33-25)21-9-6-10-21)22-11-7-12-23(30(31)32)29(22)36-2/h4-5,7-8,11-16,21H,3,6,9-10,17-18H2,1-2H3,(H3,31,32). The molecule has 5 rings (SSSR count). The summed E-state index contributed by atoms with van der Waals surface area (Å²) in [5.41, 5.74) is 10.8. The summed E-state index contributed by atoms with van der Waals surface area (Å²) >= 11 is 0. The van der Waals surface area contributed by atoms with Crippen LogP contribution in [0.5, 0.6) is 11.5 Å².